The molecule has 1 fully saturated rings. The van der Waals surface area contributed by atoms with Crippen LogP contribution in [0, 0.1) is 23.3 Å². The van der Waals surface area contributed by atoms with Gasteiger partial charge in [-0.3, -0.25) is 19.3 Å². The number of rotatable bonds is 1. The Morgan fingerprint density at radius 3 is 1.83 bits per heavy atom. The van der Waals surface area contributed by atoms with Gasteiger partial charge in [0.15, 0.2) is 23.3 Å². The average Bonchev–Trinajstić information content (AvgIpc) is 2.77. The van der Waals surface area contributed by atoms with Gasteiger partial charge in [0, 0.05) is 6.54 Å². The second kappa shape index (κ2) is 4.77. The summed E-state index contributed by atoms with van der Waals surface area (Å²) in [6.07, 6.45) is 0.488. The first kappa shape index (κ1) is 15.4. The van der Waals surface area contributed by atoms with Crippen LogP contribution >= 0.6 is 0 Å². The Labute approximate surface area is 127 Å². The molecule has 0 radical (unpaired) electrons. The third-order valence-corrected chi connectivity index (χ3v) is 4.21. The molecule has 1 aromatic rings. The summed E-state index contributed by atoms with van der Waals surface area (Å²) in [4.78, 5) is 37.1. The van der Waals surface area contributed by atoms with Crippen LogP contribution in [0.2, 0.25) is 0 Å². The monoisotopic (exact) mass is 330 g/mol. The van der Waals surface area contributed by atoms with Gasteiger partial charge in [0.25, 0.3) is 11.8 Å². The highest BCUT2D eigenvalue weighted by Crippen LogP contribution is 2.37. The van der Waals surface area contributed by atoms with Gasteiger partial charge in [-0.1, -0.05) is 0 Å². The molecule has 23 heavy (non-hydrogen) atoms. The van der Waals surface area contributed by atoms with Gasteiger partial charge >= 0.3 is 0 Å². The Bertz CT molecular complexity index is 733. The molecule has 1 aromatic carbocycles. The summed E-state index contributed by atoms with van der Waals surface area (Å²) in [6.45, 7) is 1.58. The van der Waals surface area contributed by atoms with Crippen molar-refractivity contribution >= 4 is 17.7 Å². The van der Waals surface area contributed by atoms with E-state index in [0.29, 0.717) is 17.9 Å². The number of carbonyl (C=O) groups is 3. The molecule has 9 heteroatoms. The molecule has 3 rings (SSSR count). The van der Waals surface area contributed by atoms with E-state index in [-0.39, 0.29) is 6.42 Å². The Morgan fingerprint density at radius 1 is 0.913 bits per heavy atom. The van der Waals surface area contributed by atoms with Crippen molar-refractivity contribution in [3.63, 3.8) is 0 Å². The highest BCUT2D eigenvalue weighted by molar-refractivity contribution is 6.23. The predicted octanol–water partition coefficient (Wildman–Crippen LogP) is 1.51. The van der Waals surface area contributed by atoms with Crippen LogP contribution in [0.15, 0.2) is 0 Å². The number of hydrogen-bond acceptors (Lipinski definition) is 3. The first-order chi connectivity index (χ1) is 10.7. The quantitative estimate of drug-likeness (QED) is 0.367. The highest BCUT2D eigenvalue weighted by atomic mass is 19.2. The van der Waals surface area contributed by atoms with Crippen LogP contribution in [0.4, 0.5) is 17.6 Å². The first-order valence-corrected chi connectivity index (χ1v) is 6.75. The van der Waals surface area contributed by atoms with Crippen molar-refractivity contribution in [1.29, 1.82) is 0 Å². The molecule has 3 amide bonds. The molecule has 0 aromatic heterocycles. The lowest BCUT2D eigenvalue weighted by Gasteiger charge is -2.38. The van der Waals surface area contributed by atoms with E-state index >= 15 is 0 Å². The van der Waals surface area contributed by atoms with Crippen molar-refractivity contribution in [3.05, 3.63) is 34.4 Å². The summed E-state index contributed by atoms with van der Waals surface area (Å²) in [5.41, 5.74) is -4.06. The number of benzene rings is 1. The standard InChI is InChI=1S/C14H10F4N2O3/c1-14(3-2-4-19-13(14)23)20-11(21)5-6(12(20)22)8(16)10(18)9(17)7(5)15/h2-4H2,1H3,(H,19,23)/t14-/m1/s1. The maximum Gasteiger partial charge on any atom is 0.265 e. The topological polar surface area (TPSA) is 66.5 Å². The van der Waals surface area contributed by atoms with E-state index in [9.17, 15) is 31.9 Å². The number of amides is 3. The number of piperidine rings is 1. The molecular formula is C14H10F4N2O3. The summed E-state index contributed by atoms with van der Waals surface area (Å²) < 4.78 is 54.4. The van der Waals surface area contributed by atoms with E-state index in [1.54, 1.807) is 0 Å². The van der Waals surface area contributed by atoms with Gasteiger partial charge in [0.1, 0.15) is 5.54 Å². The minimum atomic E-state index is -2.18. The third-order valence-electron chi connectivity index (χ3n) is 4.21. The van der Waals surface area contributed by atoms with Crippen LogP contribution in [-0.4, -0.2) is 34.7 Å². The lowest BCUT2D eigenvalue weighted by molar-refractivity contribution is -0.132. The van der Waals surface area contributed by atoms with E-state index < -0.39 is 57.7 Å². The fraction of sp³-hybridized carbons (Fsp3) is 0.357. The summed E-state index contributed by atoms with van der Waals surface area (Å²) in [7, 11) is 0. The van der Waals surface area contributed by atoms with Crippen LogP contribution in [0.1, 0.15) is 40.5 Å². The molecule has 2 heterocycles. The number of hydrogen-bond donors (Lipinski definition) is 1. The predicted molar refractivity (Wildman–Crippen MR) is 67.4 cm³/mol. The maximum absolute atomic E-state index is 13.8. The number of carbonyl (C=O) groups excluding carboxylic acids is 3. The zero-order valence-electron chi connectivity index (χ0n) is 11.8. The molecule has 2 aliphatic rings. The summed E-state index contributed by atoms with van der Waals surface area (Å²) in [5, 5.41) is 2.45. The molecule has 2 aliphatic heterocycles. The molecule has 1 N–H and O–H groups in total. The highest BCUT2D eigenvalue weighted by Gasteiger charge is 2.54. The van der Waals surface area contributed by atoms with Gasteiger partial charge in [0.2, 0.25) is 5.91 Å². The van der Waals surface area contributed by atoms with Crippen molar-refractivity contribution in [2.75, 3.05) is 6.54 Å². The molecule has 0 unspecified atom stereocenters. The molecule has 0 spiro atoms. The van der Waals surface area contributed by atoms with Crippen LogP contribution in [0.5, 0.6) is 0 Å². The van der Waals surface area contributed by atoms with Crippen LogP contribution < -0.4 is 5.32 Å². The normalized spacial score (nSPS) is 24.0. The number of fused-ring (bicyclic) bond motifs is 1. The average molecular weight is 330 g/mol. The second-order valence-corrected chi connectivity index (χ2v) is 5.58. The largest absolute Gasteiger partial charge is 0.354 e. The maximum atomic E-state index is 13.8. The SMILES string of the molecule is C[C@@]1(N2C(=O)c3c(F)c(F)c(F)c(F)c3C2=O)CCCNC1=O. The van der Waals surface area contributed by atoms with E-state index in [0.717, 1.165) is 0 Å². The van der Waals surface area contributed by atoms with Crippen molar-refractivity contribution in [2.45, 2.75) is 25.3 Å². The van der Waals surface area contributed by atoms with Gasteiger partial charge in [-0.15, -0.1) is 0 Å². The zero-order valence-corrected chi connectivity index (χ0v) is 11.8. The van der Waals surface area contributed by atoms with Gasteiger partial charge in [-0.2, -0.15) is 0 Å². The minimum absolute atomic E-state index is 0.0680. The number of halogens is 4. The molecule has 0 bridgehead atoms. The van der Waals surface area contributed by atoms with E-state index in [4.69, 9.17) is 0 Å². The molecule has 1 saturated heterocycles. The van der Waals surface area contributed by atoms with Crippen molar-refractivity contribution in [1.82, 2.24) is 10.2 Å². The lowest BCUT2D eigenvalue weighted by atomic mass is 9.89. The first-order valence-electron chi connectivity index (χ1n) is 6.75. The van der Waals surface area contributed by atoms with Crippen molar-refractivity contribution in [3.8, 4) is 0 Å². The Hall–Kier alpha value is -2.45. The van der Waals surface area contributed by atoms with Gasteiger partial charge in [-0.05, 0) is 19.8 Å². The number of nitrogens with one attached hydrogen (secondary N) is 1. The smallest absolute Gasteiger partial charge is 0.265 e. The molecule has 0 aliphatic carbocycles. The van der Waals surface area contributed by atoms with Crippen LogP contribution in [0.25, 0.3) is 0 Å². The summed E-state index contributed by atoms with van der Waals surface area (Å²) in [5.74, 6) is -11.6. The lowest BCUT2D eigenvalue weighted by Crippen LogP contribution is -2.61. The molecule has 1 atom stereocenters. The fourth-order valence-corrected chi connectivity index (χ4v) is 2.95. The van der Waals surface area contributed by atoms with Crippen LogP contribution in [0.3, 0.4) is 0 Å². The van der Waals surface area contributed by atoms with Gasteiger partial charge in [0.05, 0.1) is 11.1 Å². The van der Waals surface area contributed by atoms with E-state index in [1.807, 2.05) is 0 Å². The van der Waals surface area contributed by atoms with Gasteiger partial charge < -0.3 is 5.32 Å². The molecule has 122 valence electrons. The van der Waals surface area contributed by atoms with Crippen molar-refractivity contribution < 1.29 is 31.9 Å². The Kier molecular flexibility index (Phi) is 3.20. The van der Waals surface area contributed by atoms with Crippen molar-refractivity contribution in [2.24, 2.45) is 0 Å². The second-order valence-electron chi connectivity index (χ2n) is 5.58. The molecular weight excluding hydrogens is 320 g/mol. The van der Waals surface area contributed by atoms with Crippen LogP contribution in [-0.2, 0) is 4.79 Å². The summed E-state index contributed by atoms with van der Waals surface area (Å²) >= 11 is 0. The molecule has 0 saturated carbocycles. The Morgan fingerprint density at radius 2 is 1.39 bits per heavy atom. The number of imide groups is 1. The van der Waals surface area contributed by atoms with E-state index in [1.165, 1.54) is 6.92 Å². The zero-order chi connectivity index (χ0) is 17.1. The molecule has 5 nitrogen and oxygen atoms in total. The third kappa shape index (κ3) is 1.82. The number of nitrogens with zero attached hydrogens (tertiary/aromatic N) is 1. The van der Waals surface area contributed by atoms with E-state index in [2.05, 4.69) is 5.32 Å². The minimum Gasteiger partial charge on any atom is -0.354 e. The fourth-order valence-electron chi connectivity index (χ4n) is 2.95. The van der Waals surface area contributed by atoms with Gasteiger partial charge in [-0.25, -0.2) is 17.6 Å². The Balaban J connectivity index is 2.21. The summed E-state index contributed by atoms with van der Waals surface area (Å²) in [6, 6.07) is 0.